The van der Waals surface area contributed by atoms with E-state index in [2.05, 4.69) is 21.2 Å². The van der Waals surface area contributed by atoms with Crippen LogP contribution in [0.3, 0.4) is 0 Å². The summed E-state index contributed by atoms with van der Waals surface area (Å²) in [6.07, 6.45) is 1.59. The molecule has 0 unspecified atom stereocenters. The highest BCUT2D eigenvalue weighted by Gasteiger charge is 2.02. The van der Waals surface area contributed by atoms with E-state index in [0.29, 0.717) is 12.2 Å². The second-order valence-electron chi connectivity index (χ2n) is 3.06. The predicted octanol–water partition coefficient (Wildman–Crippen LogP) is 3.79. The maximum Gasteiger partial charge on any atom is 0.146 e. The largest absolute Gasteiger partial charge is 0.467 e. The fraction of sp³-hybridized carbons (Fsp3) is 0.0909. The lowest BCUT2D eigenvalue weighted by Gasteiger charge is -2.05. The molecule has 0 saturated heterocycles. The van der Waals surface area contributed by atoms with Gasteiger partial charge in [-0.3, -0.25) is 0 Å². The summed E-state index contributed by atoms with van der Waals surface area (Å²) in [4.78, 5) is 0. The van der Waals surface area contributed by atoms with Crippen molar-refractivity contribution in [1.82, 2.24) is 0 Å². The van der Waals surface area contributed by atoms with Crippen LogP contribution < -0.4 is 5.32 Å². The molecule has 1 aromatic carbocycles. The van der Waals surface area contributed by atoms with Crippen molar-refractivity contribution >= 4 is 21.6 Å². The number of rotatable bonds is 3. The minimum Gasteiger partial charge on any atom is -0.467 e. The van der Waals surface area contributed by atoms with Crippen LogP contribution in [0.2, 0.25) is 0 Å². The van der Waals surface area contributed by atoms with Gasteiger partial charge in [0.25, 0.3) is 0 Å². The Morgan fingerprint density at radius 2 is 2.20 bits per heavy atom. The summed E-state index contributed by atoms with van der Waals surface area (Å²) >= 11 is 3.28. The fourth-order valence-corrected chi connectivity index (χ4v) is 1.59. The first-order chi connectivity index (χ1) is 7.25. The van der Waals surface area contributed by atoms with E-state index in [1.54, 1.807) is 24.5 Å². The Hall–Kier alpha value is -1.29. The Kier molecular flexibility index (Phi) is 3.06. The molecule has 4 heteroatoms. The Balaban J connectivity index is 2.07. The molecule has 0 saturated carbocycles. The van der Waals surface area contributed by atoms with Crippen LogP contribution in [0.15, 0.2) is 45.5 Å². The van der Waals surface area contributed by atoms with Crippen LogP contribution in [0.4, 0.5) is 10.1 Å². The molecule has 0 spiro atoms. The molecular formula is C11H9BrFNO. The van der Waals surface area contributed by atoms with Crippen LogP contribution in [0.25, 0.3) is 0 Å². The van der Waals surface area contributed by atoms with Crippen molar-refractivity contribution in [2.75, 3.05) is 5.32 Å². The quantitative estimate of drug-likeness (QED) is 0.917. The van der Waals surface area contributed by atoms with Crippen molar-refractivity contribution < 1.29 is 8.81 Å². The van der Waals surface area contributed by atoms with Gasteiger partial charge in [-0.25, -0.2) is 4.39 Å². The van der Waals surface area contributed by atoms with Gasteiger partial charge >= 0.3 is 0 Å². The van der Waals surface area contributed by atoms with Crippen LogP contribution in [0, 0.1) is 5.82 Å². The standard InChI is InChI=1S/C11H9BrFNO/c12-8-3-4-10(13)11(6-8)14-7-9-2-1-5-15-9/h1-6,14H,7H2. The molecular weight excluding hydrogens is 261 g/mol. The highest BCUT2D eigenvalue weighted by Crippen LogP contribution is 2.20. The van der Waals surface area contributed by atoms with Crippen LogP contribution >= 0.6 is 15.9 Å². The lowest BCUT2D eigenvalue weighted by molar-refractivity contribution is 0.517. The summed E-state index contributed by atoms with van der Waals surface area (Å²) < 4.78 is 19.3. The molecule has 0 fully saturated rings. The molecule has 0 radical (unpaired) electrons. The molecule has 0 bridgehead atoms. The molecule has 15 heavy (non-hydrogen) atoms. The second-order valence-corrected chi connectivity index (χ2v) is 3.97. The second kappa shape index (κ2) is 4.49. The summed E-state index contributed by atoms with van der Waals surface area (Å²) in [6.45, 7) is 0.473. The molecule has 0 aliphatic heterocycles. The first-order valence-corrected chi connectivity index (χ1v) is 5.26. The van der Waals surface area contributed by atoms with Crippen LogP contribution in [-0.2, 0) is 6.54 Å². The molecule has 1 aromatic heterocycles. The number of halogens is 2. The van der Waals surface area contributed by atoms with Crippen molar-refractivity contribution in [3.05, 3.63) is 52.6 Å². The van der Waals surface area contributed by atoms with Gasteiger partial charge in [0.2, 0.25) is 0 Å². The van der Waals surface area contributed by atoms with Gasteiger partial charge in [0.15, 0.2) is 0 Å². The molecule has 2 rings (SSSR count). The molecule has 2 nitrogen and oxygen atoms in total. The first-order valence-electron chi connectivity index (χ1n) is 4.47. The van der Waals surface area contributed by atoms with E-state index in [1.165, 1.54) is 6.07 Å². The summed E-state index contributed by atoms with van der Waals surface area (Å²) in [6, 6.07) is 8.40. The van der Waals surface area contributed by atoms with Crippen molar-refractivity contribution in [1.29, 1.82) is 0 Å². The van der Waals surface area contributed by atoms with Crippen molar-refractivity contribution in [3.8, 4) is 0 Å². The number of nitrogens with one attached hydrogen (secondary N) is 1. The van der Waals surface area contributed by atoms with Gasteiger partial charge in [-0.2, -0.15) is 0 Å². The first kappa shape index (κ1) is 10.2. The summed E-state index contributed by atoms with van der Waals surface area (Å²) in [5.41, 5.74) is 0.459. The van der Waals surface area contributed by atoms with Gasteiger partial charge < -0.3 is 9.73 Å². The summed E-state index contributed by atoms with van der Waals surface area (Å²) in [5, 5.41) is 2.96. The lowest BCUT2D eigenvalue weighted by atomic mass is 10.3. The van der Waals surface area contributed by atoms with Gasteiger partial charge in [-0.15, -0.1) is 0 Å². The average molecular weight is 270 g/mol. The zero-order chi connectivity index (χ0) is 10.7. The molecule has 0 amide bonds. The van der Waals surface area contributed by atoms with Crippen LogP contribution in [0.5, 0.6) is 0 Å². The molecule has 0 aliphatic carbocycles. The van der Waals surface area contributed by atoms with Crippen molar-refractivity contribution in [2.24, 2.45) is 0 Å². The maximum absolute atomic E-state index is 13.3. The molecule has 0 atom stereocenters. The van der Waals surface area contributed by atoms with E-state index < -0.39 is 0 Å². The van der Waals surface area contributed by atoms with Crippen molar-refractivity contribution in [2.45, 2.75) is 6.54 Å². The maximum atomic E-state index is 13.3. The van der Waals surface area contributed by atoms with Gasteiger partial charge in [-0.05, 0) is 30.3 Å². The minimum atomic E-state index is -0.273. The fourth-order valence-electron chi connectivity index (χ4n) is 1.23. The molecule has 2 aromatic rings. The Morgan fingerprint density at radius 3 is 2.93 bits per heavy atom. The third kappa shape index (κ3) is 2.59. The Morgan fingerprint density at radius 1 is 1.33 bits per heavy atom. The van der Waals surface area contributed by atoms with E-state index in [9.17, 15) is 4.39 Å². The van der Waals surface area contributed by atoms with Crippen LogP contribution in [0.1, 0.15) is 5.76 Å². The van der Waals surface area contributed by atoms with E-state index in [-0.39, 0.29) is 5.82 Å². The van der Waals surface area contributed by atoms with Crippen molar-refractivity contribution in [3.63, 3.8) is 0 Å². The monoisotopic (exact) mass is 269 g/mol. The van der Waals surface area contributed by atoms with Gasteiger partial charge in [0, 0.05) is 4.47 Å². The van der Waals surface area contributed by atoms with Gasteiger partial charge in [-0.1, -0.05) is 15.9 Å². The highest BCUT2D eigenvalue weighted by atomic mass is 79.9. The van der Waals surface area contributed by atoms with Crippen LogP contribution in [-0.4, -0.2) is 0 Å². The van der Waals surface area contributed by atoms with E-state index in [0.717, 1.165) is 10.2 Å². The third-order valence-corrected chi connectivity index (χ3v) is 2.45. The zero-order valence-corrected chi connectivity index (χ0v) is 9.42. The normalized spacial score (nSPS) is 10.3. The average Bonchev–Trinajstić information content (AvgIpc) is 2.72. The summed E-state index contributed by atoms with van der Waals surface area (Å²) in [5.74, 6) is 0.499. The lowest BCUT2D eigenvalue weighted by Crippen LogP contribution is -2.00. The number of hydrogen-bond donors (Lipinski definition) is 1. The van der Waals surface area contributed by atoms with Gasteiger partial charge in [0.05, 0.1) is 18.5 Å². The molecule has 1 heterocycles. The minimum absolute atomic E-state index is 0.273. The molecule has 78 valence electrons. The third-order valence-electron chi connectivity index (χ3n) is 1.96. The Labute approximate surface area is 95.2 Å². The Bertz CT molecular complexity index is 442. The molecule has 0 aliphatic rings. The topological polar surface area (TPSA) is 25.2 Å². The predicted molar refractivity (Wildman–Crippen MR) is 60.1 cm³/mol. The van der Waals surface area contributed by atoms with E-state index >= 15 is 0 Å². The van der Waals surface area contributed by atoms with Gasteiger partial charge in [0.1, 0.15) is 11.6 Å². The number of hydrogen-bond acceptors (Lipinski definition) is 2. The van der Waals surface area contributed by atoms with E-state index in [4.69, 9.17) is 4.42 Å². The summed E-state index contributed by atoms with van der Waals surface area (Å²) in [7, 11) is 0. The SMILES string of the molecule is Fc1ccc(Br)cc1NCc1ccco1. The highest BCUT2D eigenvalue weighted by molar-refractivity contribution is 9.10. The number of anilines is 1. The zero-order valence-electron chi connectivity index (χ0n) is 7.84. The molecule has 1 N–H and O–H groups in total. The number of benzene rings is 1. The number of furan rings is 1. The van der Waals surface area contributed by atoms with E-state index in [1.807, 2.05) is 6.07 Å². The smallest absolute Gasteiger partial charge is 0.146 e.